The molecule has 0 saturated heterocycles. The van der Waals surface area contributed by atoms with Crippen molar-refractivity contribution in [2.45, 2.75) is 17.9 Å². The van der Waals surface area contributed by atoms with Crippen LogP contribution in [0.15, 0.2) is 104 Å². The average molecular weight is 314 g/mol. The van der Waals surface area contributed by atoms with Crippen molar-refractivity contribution in [3.63, 3.8) is 0 Å². The molecule has 0 aromatic heterocycles. The predicted octanol–water partition coefficient (Wildman–Crippen LogP) is 5.28. The number of rotatable bonds is 6. The molecule has 0 radical (unpaired) electrons. The first-order valence-corrected chi connectivity index (χ1v) is 8.24. The molecule has 1 unspecified atom stereocenters. The molecule has 120 valence electrons. The van der Waals surface area contributed by atoms with Crippen molar-refractivity contribution in [2.75, 3.05) is 0 Å². The van der Waals surface area contributed by atoms with Crippen LogP contribution < -0.4 is 0 Å². The van der Waals surface area contributed by atoms with Crippen LogP contribution in [0.3, 0.4) is 0 Å². The summed E-state index contributed by atoms with van der Waals surface area (Å²) < 4.78 is 0. The highest BCUT2D eigenvalue weighted by Crippen LogP contribution is 2.46. The van der Waals surface area contributed by atoms with Gasteiger partial charge in [-0.2, -0.15) is 0 Å². The van der Waals surface area contributed by atoms with Gasteiger partial charge in [-0.05, 0) is 23.1 Å². The van der Waals surface area contributed by atoms with Gasteiger partial charge in [-0.25, -0.2) is 0 Å². The smallest absolute Gasteiger partial charge is 0.0930 e. The van der Waals surface area contributed by atoms with Crippen LogP contribution in [0.25, 0.3) is 0 Å². The SMILES string of the molecule is C=CCC(c1ccccc1)(c1ccccc1)C(O)c1ccccc1. The second-order valence-corrected chi connectivity index (χ2v) is 6.01. The second-order valence-electron chi connectivity index (χ2n) is 6.01. The molecule has 1 heteroatoms. The lowest BCUT2D eigenvalue weighted by molar-refractivity contribution is 0.103. The summed E-state index contributed by atoms with van der Waals surface area (Å²) in [6.45, 7) is 3.96. The lowest BCUT2D eigenvalue weighted by Crippen LogP contribution is -2.35. The zero-order valence-corrected chi connectivity index (χ0v) is 13.7. The molecule has 0 heterocycles. The number of aliphatic hydroxyl groups is 1. The molecule has 0 saturated carbocycles. The number of benzene rings is 3. The minimum absolute atomic E-state index is 0.564. The predicted molar refractivity (Wildman–Crippen MR) is 99.9 cm³/mol. The van der Waals surface area contributed by atoms with E-state index in [4.69, 9.17) is 0 Å². The second kappa shape index (κ2) is 7.29. The summed E-state index contributed by atoms with van der Waals surface area (Å²) in [7, 11) is 0. The van der Waals surface area contributed by atoms with Crippen LogP contribution in [0.2, 0.25) is 0 Å². The van der Waals surface area contributed by atoms with Gasteiger partial charge >= 0.3 is 0 Å². The Balaban J connectivity index is 2.24. The quantitative estimate of drug-likeness (QED) is 0.614. The Morgan fingerprint density at radius 3 is 1.58 bits per heavy atom. The summed E-state index contributed by atoms with van der Waals surface area (Å²) in [6.07, 6.45) is 1.88. The first kappa shape index (κ1) is 16.2. The highest BCUT2D eigenvalue weighted by atomic mass is 16.3. The largest absolute Gasteiger partial charge is 0.387 e. The van der Waals surface area contributed by atoms with Crippen LogP contribution in [-0.2, 0) is 5.41 Å². The van der Waals surface area contributed by atoms with Gasteiger partial charge in [-0.1, -0.05) is 97.1 Å². The minimum atomic E-state index is -0.665. The molecular formula is C23H22O. The molecule has 1 atom stereocenters. The van der Waals surface area contributed by atoms with Gasteiger partial charge in [0, 0.05) is 0 Å². The maximum atomic E-state index is 11.4. The van der Waals surface area contributed by atoms with E-state index in [1.165, 1.54) is 0 Å². The van der Waals surface area contributed by atoms with Gasteiger partial charge in [0.2, 0.25) is 0 Å². The Morgan fingerprint density at radius 2 is 1.17 bits per heavy atom. The molecule has 24 heavy (non-hydrogen) atoms. The van der Waals surface area contributed by atoms with Crippen molar-refractivity contribution >= 4 is 0 Å². The van der Waals surface area contributed by atoms with Gasteiger partial charge in [-0.3, -0.25) is 0 Å². The molecule has 0 amide bonds. The summed E-state index contributed by atoms with van der Waals surface area (Å²) in [5, 5.41) is 11.4. The fraction of sp³-hybridized carbons (Fsp3) is 0.130. The number of hydrogen-bond donors (Lipinski definition) is 1. The van der Waals surface area contributed by atoms with Gasteiger partial charge in [0.1, 0.15) is 0 Å². The third-order valence-corrected chi connectivity index (χ3v) is 4.63. The van der Waals surface area contributed by atoms with Crippen LogP contribution >= 0.6 is 0 Å². The summed E-state index contributed by atoms with van der Waals surface area (Å²) in [4.78, 5) is 0. The van der Waals surface area contributed by atoms with Crippen molar-refractivity contribution in [3.8, 4) is 0 Å². The van der Waals surface area contributed by atoms with Crippen molar-refractivity contribution in [2.24, 2.45) is 0 Å². The third kappa shape index (κ3) is 2.91. The van der Waals surface area contributed by atoms with Crippen LogP contribution in [0.4, 0.5) is 0 Å². The monoisotopic (exact) mass is 314 g/mol. The molecule has 3 aromatic rings. The van der Waals surface area contributed by atoms with Crippen molar-refractivity contribution in [1.82, 2.24) is 0 Å². The summed E-state index contributed by atoms with van der Waals surface area (Å²) in [5.41, 5.74) is 2.53. The molecule has 0 aliphatic carbocycles. The average Bonchev–Trinajstić information content (AvgIpc) is 2.68. The maximum absolute atomic E-state index is 11.4. The van der Waals surface area contributed by atoms with Gasteiger partial charge in [-0.15, -0.1) is 6.58 Å². The highest BCUT2D eigenvalue weighted by molar-refractivity contribution is 5.44. The van der Waals surface area contributed by atoms with E-state index in [1.807, 2.05) is 72.8 Å². The van der Waals surface area contributed by atoms with Crippen molar-refractivity contribution < 1.29 is 5.11 Å². The fourth-order valence-electron chi connectivity index (χ4n) is 3.45. The first-order chi connectivity index (χ1) is 11.8. The third-order valence-electron chi connectivity index (χ3n) is 4.63. The summed E-state index contributed by atoms with van der Waals surface area (Å²) in [6, 6.07) is 30.3. The molecule has 0 bridgehead atoms. The van der Waals surface area contributed by atoms with Crippen LogP contribution in [-0.4, -0.2) is 5.11 Å². The molecule has 0 fully saturated rings. The number of allylic oxidation sites excluding steroid dienone is 1. The van der Waals surface area contributed by atoms with E-state index in [0.29, 0.717) is 6.42 Å². The Bertz CT molecular complexity index is 723. The zero-order valence-electron chi connectivity index (χ0n) is 13.7. The molecule has 1 N–H and O–H groups in total. The lowest BCUT2D eigenvalue weighted by atomic mass is 9.66. The van der Waals surface area contributed by atoms with E-state index in [9.17, 15) is 5.11 Å². The fourth-order valence-corrected chi connectivity index (χ4v) is 3.45. The maximum Gasteiger partial charge on any atom is 0.0930 e. The Hall–Kier alpha value is -2.64. The van der Waals surface area contributed by atoms with E-state index in [-0.39, 0.29) is 0 Å². The molecule has 3 aromatic carbocycles. The van der Waals surface area contributed by atoms with Gasteiger partial charge in [0.05, 0.1) is 11.5 Å². The normalized spacial score (nSPS) is 12.5. The molecule has 0 spiro atoms. The van der Waals surface area contributed by atoms with Crippen LogP contribution in [0, 0.1) is 0 Å². The van der Waals surface area contributed by atoms with E-state index in [1.54, 1.807) is 0 Å². The molecule has 0 aliphatic heterocycles. The van der Waals surface area contributed by atoms with E-state index in [0.717, 1.165) is 16.7 Å². The first-order valence-electron chi connectivity index (χ1n) is 8.24. The zero-order chi connectivity index (χ0) is 16.8. The minimum Gasteiger partial charge on any atom is -0.387 e. The van der Waals surface area contributed by atoms with Gasteiger partial charge in [0.15, 0.2) is 0 Å². The molecule has 1 nitrogen and oxygen atoms in total. The Morgan fingerprint density at radius 1 is 0.750 bits per heavy atom. The molecular weight excluding hydrogens is 292 g/mol. The van der Waals surface area contributed by atoms with E-state index in [2.05, 4.69) is 30.8 Å². The molecule has 3 rings (SSSR count). The van der Waals surface area contributed by atoms with Crippen LogP contribution in [0.5, 0.6) is 0 Å². The van der Waals surface area contributed by atoms with E-state index < -0.39 is 11.5 Å². The van der Waals surface area contributed by atoms with Crippen molar-refractivity contribution in [3.05, 3.63) is 120 Å². The highest BCUT2D eigenvalue weighted by Gasteiger charge is 2.41. The Kier molecular flexibility index (Phi) is 4.93. The summed E-state index contributed by atoms with van der Waals surface area (Å²) in [5.74, 6) is 0. The molecule has 0 aliphatic rings. The van der Waals surface area contributed by atoms with Crippen molar-refractivity contribution in [1.29, 1.82) is 0 Å². The standard InChI is InChI=1S/C23H22O/c1-2-18-23(20-14-8-4-9-15-20,21-16-10-5-11-17-21)22(24)19-12-6-3-7-13-19/h2-17,22,24H,1,18H2. The van der Waals surface area contributed by atoms with Gasteiger partial charge in [0.25, 0.3) is 0 Å². The van der Waals surface area contributed by atoms with Gasteiger partial charge < -0.3 is 5.11 Å². The number of hydrogen-bond acceptors (Lipinski definition) is 1. The topological polar surface area (TPSA) is 20.2 Å². The number of aliphatic hydroxyl groups excluding tert-OH is 1. The summed E-state index contributed by atoms with van der Waals surface area (Å²) >= 11 is 0. The van der Waals surface area contributed by atoms with E-state index >= 15 is 0 Å². The van der Waals surface area contributed by atoms with Crippen LogP contribution in [0.1, 0.15) is 29.2 Å². The lowest BCUT2D eigenvalue weighted by Gasteiger charge is -2.39. The Labute approximate surface area is 143 Å².